The van der Waals surface area contributed by atoms with E-state index in [1.54, 1.807) is 36.4 Å². The Morgan fingerprint density at radius 3 is 2.31 bits per heavy atom. The molecule has 0 unspecified atom stereocenters. The van der Waals surface area contributed by atoms with E-state index in [2.05, 4.69) is 36.5 Å². The highest BCUT2D eigenvalue weighted by atomic mass is 79.9. The van der Waals surface area contributed by atoms with Gasteiger partial charge in [-0.2, -0.15) is 5.10 Å². The number of hydrogen-bond donors (Lipinski definition) is 2. The summed E-state index contributed by atoms with van der Waals surface area (Å²) in [4.78, 5) is 35.5. The molecule has 2 amide bonds. The third-order valence-corrected chi connectivity index (χ3v) is 4.91. The number of nitrogens with one attached hydrogen (secondary N) is 2. The molecule has 0 aliphatic rings. The van der Waals surface area contributed by atoms with Crippen molar-refractivity contribution < 1.29 is 33.3 Å². The van der Waals surface area contributed by atoms with Crippen LogP contribution in [0, 0.1) is 0 Å². The number of benzene rings is 2. The van der Waals surface area contributed by atoms with Gasteiger partial charge >= 0.3 is 5.97 Å². The number of nitrogens with zero attached hydrogens (tertiary/aromatic N) is 1. The maximum atomic E-state index is 12.1. The van der Waals surface area contributed by atoms with Crippen LogP contribution in [0.5, 0.6) is 17.2 Å². The Morgan fingerprint density at radius 2 is 1.66 bits per heavy atom. The molecule has 2 aromatic rings. The van der Waals surface area contributed by atoms with Crippen molar-refractivity contribution >= 4 is 45.6 Å². The smallest absolute Gasteiger partial charge is 0.343 e. The van der Waals surface area contributed by atoms with Gasteiger partial charge in [-0.05, 0) is 71.7 Å². The van der Waals surface area contributed by atoms with Gasteiger partial charge in [-0.1, -0.05) is 0 Å². The van der Waals surface area contributed by atoms with Crippen LogP contribution >= 0.6 is 15.9 Å². The molecular weight excluding hydrogens is 522 g/mol. The molecule has 11 heteroatoms. The zero-order chi connectivity index (χ0) is 25.6. The average molecular weight is 550 g/mol. The maximum absolute atomic E-state index is 12.1. The van der Waals surface area contributed by atoms with E-state index in [4.69, 9.17) is 14.2 Å². The van der Waals surface area contributed by atoms with Gasteiger partial charge in [0.25, 0.3) is 0 Å². The zero-order valence-corrected chi connectivity index (χ0v) is 21.3. The Kier molecular flexibility index (Phi) is 11.5. The lowest BCUT2D eigenvalue weighted by molar-refractivity contribution is -0.143. The maximum Gasteiger partial charge on any atom is 0.343 e. The highest BCUT2D eigenvalue weighted by molar-refractivity contribution is 9.10. The van der Waals surface area contributed by atoms with Crippen molar-refractivity contribution in [1.29, 1.82) is 0 Å². The van der Waals surface area contributed by atoms with Crippen LogP contribution in [-0.4, -0.2) is 50.9 Å². The van der Waals surface area contributed by atoms with E-state index in [9.17, 15) is 14.4 Å². The SMILES string of the molecule is CCOc1ccc(NC(=O)CCC(=O)NN=Cc2cc(Br)c(OCC(=O)OC)c(OCC)c2)cc1. The first kappa shape index (κ1) is 27.6. The van der Waals surface area contributed by atoms with E-state index in [1.165, 1.54) is 13.3 Å². The number of carbonyl (C=O) groups is 3. The molecule has 10 nitrogen and oxygen atoms in total. The summed E-state index contributed by atoms with van der Waals surface area (Å²) in [5, 5.41) is 6.66. The van der Waals surface area contributed by atoms with E-state index >= 15 is 0 Å². The van der Waals surface area contributed by atoms with Crippen molar-refractivity contribution in [2.45, 2.75) is 26.7 Å². The number of carbonyl (C=O) groups excluding carboxylic acids is 3. The average Bonchev–Trinajstić information content (AvgIpc) is 2.83. The molecule has 0 radical (unpaired) electrons. The van der Waals surface area contributed by atoms with Crippen LogP contribution in [0.4, 0.5) is 5.69 Å². The van der Waals surface area contributed by atoms with Gasteiger partial charge in [-0.15, -0.1) is 0 Å². The standard InChI is InChI=1S/C24H28BrN3O7/c1-4-33-18-8-6-17(7-9-18)27-21(29)10-11-22(30)28-26-14-16-12-19(25)24(20(13-16)34-5-2)35-15-23(31)32-3/h6-9,12-14H,4-5,10-11,15H2,1-3H3,(H,27,29)(H,28,30). The number of rotatable bonds is 13. The summed E-state index contributed by atoms with van der Waals surface area (Å²) in [7, 11) is 1.27. The molecule has 0 fully saturated rings. The predicted molar refractivity (Wildman–Crippen MR) is 134 cm³/mol. The van der Waals surface area contributed by atoms with Crippen molar-refractivity contribution in [3.05, 3.63) is 46.4 Å². The Bertz CT molecular complexity index is 1040. The Hall–Kier alpha value is -3.60. The molecule has 35 heavy (non-hydrogen) atoms. The lowest BCUT2D eigenvalue weighted by atomic mass is 10.2. The van der Waals surface area contributed by atoms with Gasteiger partial charge in [0.15, 0.2) is 18.1 Å². The van der Waals surface area contributed by atoms with Crippen LogP contribution in [0.15, 0.2) is 46.0 Å². The summed E-state index contributed by atoms with van der Waals surface area (Å²) in [5.74, 6) is 0.222. The fraction of sp³-hybridized carbons (Fsp3) is 0.333. The van der Waals surface area contributed by atoms with Crippen LogP contribution < -0.4 is 25.0 Å². The van der Waals surface area contributed by atoms with E-state index in [0.29, 0.717) is 46.2 Å². The van der Waals surface area contributed by atoms with Gasteiger partial charge in [0.05, 0.1) is 31.0 Å². The Labute approximate surface area is 212 Å². The van der Waals surface area contributed by atoms with E-state index in [1.807, 2.05) is 13.8 Å². The first-order valence-corrected chi connectivity index (χ1v) is 11.7. The van der Waals surface area contributed by atoms with Gasteiger partial charge in [0.1, 0.15) is 5.75 Å². The number of ether oxygens (including phenoxy) is 4. The molecule has 0 aromatic heterocycles. The summed E-state index contributed by atoms with van der Waals surface area (Å²) in [6.07, 6.45) is 1.39. The zero-order valence-electron chi connectivity index (χ0n) is 19.8. The molecule has 2 aromatic carbocycles. The number of hydrazone groups is 1. The molecule has 0 aliphatic heterocycles. The fourth-order valence-electron chi connectivity index (χ4n) is 2.74. The Balaban J connectivity index is 1.87. The van der Waals surface area contributed by atoms with E-state index in [0.717, 1.165) is 0 Å². The second-order valence-corrected chi connectivity index (χ2v) is 7.78. The Morgan fingerprint density at radius 1 is 0.971 bits per heavy atom. The number of halogens is 1. The molecule has 2 N–H and O–H groups in total. The van der Waals surface area contributed by atoms with Crippen molar-refractivity contribution in [3.8, 4) is 17.2 Å². The molecule has 0 aliphatic carbocycles. The fourth-order valence-corrected chi connectivity index (χ4v) is 3.32. The summed E-state index contributed by atoms with van der Waals surface area (Å²) < 4.78 is 21.5. The number of amides is 2. The van der Waals surface area contributed by atoms with E-state index < -0.39 is 11.9 Å². The predicted octanol–water partition coefficient (Wildman–Crippen LogP) is 3.67. The van der Waals surface area contributed by atoms with Crippen molar-refractivity contribution in [3.63, 3.8) is 0 Å². The monoisotopic (exact) mass is 549 g/mol. The topological polar surface area (TPSA) is 125 Å². The van der Waals surface area contributed by atoms with Gasteiger partial charge in [-0.25, -0.2) is 10.2 Å². The molecule has 0 heterocycles. The minimum absolute atomic E-state index is 0.000825. The van der Waals surface area contributed by atoms with Crippen LogP contribution in [0.3, 0.4) is 0 Å². The van der Waals surface area contributed by atoms with E-state index in [-0.39, 0.29) is 25.4 Å². The van der Waals surface area contributed by atoms with Crippen molar-refractivity contribution in [2.75, 3.05) is 32.2 Å². The lowest BCUT2D eigenvalue weighted by Gasteiger charge is -2.13. The molecule has 0 spiro atoms. The second kappa shape index (κ2) is 14.6. The number of anilines is 1. The molecular formula is C24H28BrN3O7. The summed E-state index contributed by atoms with van der Waals surface area (Å²) in [5.41, 5.74) is 3.62. The van der Waals surface area contributed by atoms with Gasteiger partial charge in [-0.3, -0.25) is 9.59 Å². The molecule has 0 saturated heterocycles. The van der Waals surface area contributed by atoms with Gasteiger partial charge in [0.2, 0.25) is 11.8 Å². The first-order valence-electron chi connectivity index (χ1n) is 10.9. The number of methoxy groups -OCH3 is 1. The van der Waals surface area contributed by atoms with Crippen LogP contribution in [0.1, 0.15) is 32.3 Å². The lowest BCUT2D eigenvalue weighted by Crippen LogP contribution is -2.20. The van der Waals surface area contributed by atoms with Crippen molar-refractivity contribution in [2.24, 2.45) is 5.10 Å². The van der Waals surface area contributed by atoms with Gasteiger partial charge in [0, 0.05) is 18.5 Å². The third kappa shape index (κ3) is 9.65. The highest BCUT2D eigenvalue weighted by Gasteiger charge is 2.14. The van der Waals surface area contributed by atoms with Crippen LogP contribution in [0.25, 0.3) is 0 Å². The van der Waals surface area contributed by atoms with Crippen molar-refractivity contribution in [1.82, 2.24) is 5.43 Å². The summed E-state index contributed by atoms with van der Waals surface area (Å²) >= 11 is 3.38. The molecule has 0 saturated carbocycles. The number of hydrogen-bond acceptors (Lipinski definition) is 8. The minimum Gasteiger partial charge on any atom is -0.494 e. The van der Waals surface area contributed by atoms with Crippen LogP contribution in [0.2, 0.25) is 0 Å². The molecule has 0 bridgehead atoms. The number of esters is 1. The minimum atomic E-state index is -0.527. The molecule has 2 rings (SSSR count). The molecule has 188 valence electrons. The van der Waals surface area contributed by atoms with Crippen LogP contribution in [-0.2, 0) is 19.1 Å². The largest absolute Gasteiger partial charge is 0.494 e. The van der Waals surface area contributed by atoms with Gasteiger partial charge < -0.3 is 24.3 Å². The normalized spacial score (nSPS) is 10.5. The quantitative estimate of drug-likeness (QED) is 0.222. The summed E-state index contributed by atoms with van der Waals surface area (Å²) in [6.45, 7) is 4.36. The second-order valence-electron chi connectivity index (χ2n) is 6.93. The highest BCUT2D eigenvalue weighted by Crippen LogP contribution is 2.36. The summed E-state index contributed by atoms with van der Waals surface area (Å²) in [6, 6.07) is 10.3. The first-order chi connectivity index (χ1) is 16.9. The third-order valence-electron chi connectivity index (χ3n) is 4.32. The molecule has 0 atom stereocenters.